The molecule has 0 aliphatic rings. The Bertz CT molecular complexity index is 579. The van der Waals surface area contributed by atoms with E-state index in [-0.39, 0.29) is 6.10 Å². The summed E-state index contributed by atoms with van der Waals surface area (Å²) in [6.07, 6.45) is 3.94. The van der Waals surface area contributed by atoms with E-state index in [9.17, 15) is 0 Å². The number of rotatable bonds is 8. The molecule has 0 aliphatic carbocycles. The summed E-state index contributed by atoms with van der Waals surface area (Å²) >= 11 is 0. The van der Waals surface area contributed by atoms with Gasteiger partial charge in [-0.2, -0.15) is 0 Å². The van der Waals surface area contributed by atoms with Gasteiger partial charge in [0.2, 0.25) is 5.88 Å². The highest BCUT2D eigenvalue weighted by molar-refractivity contribution is 5.33. The van der Waals surface area contributed by atoms with Gasteiger partial charge in [-0.25, -0.2) is 4.98 Å². The lowest BCUT2D eigenvalue weighted by Crippen LogP contribution is -2.11. The Kier molecular flexibility index (Phi) is 6.41. The maximum atomic E-state index is 5.80. The van der Waals surface area contributed by atoms with Crippen molar-refractivity contribution in [3.05, 3.63) is 48.2 Å². The van der Waals surface area contributed by atoms with Crippen LogP contribution in [0.3, 0.4) is 0 Å². The van der Waals surface area contributed by atoms with Crippen LogP contribution in [0.15, 0.2) is 42.6 Å². The van der Waals surface area contributed by atoms with E-state index < -0.39 is 0 Å². The molecule has 1 heterocycles. The second-order valence-electron chi connectivity index (χ2n) is 6.12. The molecular weight excluding hydrogens is 288 g/mol. The van der Waals surface area contributed by atoms with Crippen molar-refractivity contribution in [3.63, 3.8) is 0 Å². The average Bonchev–Trinajstić information content (AvgIpc) is 2.55. The topological polar surface area (TPSA) is 57.4 Å². The van der Waals surface area contributed by atoms with Crippen molar-refractivity contribution < 1.29 is 9.47 Å². The number of nitrogens with two attached hydrogens (primary N) is 1. The van der Waals surface area contributed by atoms with Gasteiger partial charge in [0.1, 0.15) is 11.5 Å². The van der Waals surface area contributed by atoms with Crippen molar-refractivity contribution in [2.24, 2.45) is 11.7 Å². The molecule has 2 N–H and O–H groups in total. The van der Waals surface area contributed by atoms with Crippen LogP contribution >= 0.6 is 0 Å². The summed E-state index contributed by atoms with van der Waals surface area (Å²) in [6, 6.07) is 11.9. The predicted octanol–water partition coefficient (Wildman–Crippen LogP) is 4.19. The summed E-state index contributed by atoms with van der Waals surface area (Å²) in [6.45, 7) is 6.87. The zero-order chi connectivity index (χ0) is 16.7. The molecule has 1 atom stereocenters. The number of pyridine rings is 1. The summed E-state index contributed by atoms with van der Waals surface area (Å²) in [5.41, 5.74) is 6.95. The van der Waals surface area contributed by atoms with E-state index in [1.807, 2.05) is 38.1 Å². The third-order valence-corrected chi connectivity index (χ3v) is 3.55. The highest BCUT2D eigenvalue weighted by Crippen LogP contribution is 2.23. The van der Waals surface area contributed by atoms with Crippen LogP contribution in [0.25, 0.3) is 0 Å². The van der Waals surface area contributed by atoms with Gasteiger partial charge in [0.05, 0.1) is 12.3 Å². The highest BCUT2D eigenvalue weighted by atomic mass is 16.5. The van der Waals surface area contributed by atoms with Crippen molar-refractivity contribution in [2.75, 3.05) is 6.54 Å². The van der Waals surface area contributed by atoms with Gasteiger partial charge in [-0.1, -0.05) is 19.1 Å². The lowest BCUT2D eigenvalue weighted by molar-refractivity contribution is 0.232. The monoisotopic (exact) mass is 314 g/mol. The first-order chi connectivity index (χ1) is 11.1. The summed E-state index contributed by atoms with van der Waals surface area (Å²) in [7, 11) is 0. The van der Waals surface area contributed by atoms with E-state index in [2.05, 4.69) is 24.0 Å². The molecule has 1 unspecified atom stereocenters. The summed E-state index contributed by atoms with van der Waals surface area (Å²) in [4.78, 5) is 4.23. The van der Waals surface area contributed by atoms with Crippen molar-refractivity contribution in [2.45, 2.75) is 39.7 Å². The number of hydrogen-bond acceptors (Lipinski definition) is 4. The van der Waals surface area contributed by atoms with Crippen molar-refractivity contribution in [3.8, 4) is 17.4 Å². The Morgan fingerprint density at radius 1 is 1.00 bits per heavy atom. The van der Waals surface area contributed by atoms with Crippen LogP contribution in [-0.2, 0) is 6.42 Å². The van der Waals surface area contributed by atoms with Gasteiger partial charge >= 0.3 is 0 Å². The summed E-state index contributed by atoms with van der Waals surface area (Å²) < 4.78 is 11.3. The maximum absolute atomic E-state index is 5.80. The molecular formula is C19H26N2O2. The van der Waals surface area contributed by atoms with E-state index in [1.54, 1.807) is 6.20 Å². The van der Waals surface area contributed by atoms with Crippen LogP contribution in [0.4, 0.5) is 0 Å². The minimum atomic E-state index is 0.115. The Morgan fingerprint density at radius 3 is 2.26 bits per heavy atom. The van der Waals surface area contributed by atoms with Gasteiger partial charge < -0.3 is 15.2 Å². The lowest BCUT2D eigenvalue weighted by Gasteiger charge is -2.10. The first-order valence-corrected chi connectivity index (χ1v) is 8.16. The molecule has 0 saturated carbocycles. The third kappa shape index (κ3) is 5.91. The zero-order valence-corrected chi connectivity index (χ0v) is 14.2. The van der Waals surface area contributed by atoms with Gasteiger partial charge in [0, 0.05) is 6.07 Å². The Balaban J connectivity index is 1.90. The molecule has 23 heavy (non-hydrogen) atoms. The number of benzene rings is 1. The molecule has 124 valence electrons. The summed E-state index contributed by atoms with van der Waals surface area (Å²) in [5.74, 6) is 2.67. The number of ether oxygens (including phenoxy) is 2. The third-order valence-electron chi connectivity index (χ3n) is 3.55. The molecule has 2 aromatic rings. The second kappa shape index (κ2) is 8.53. The lowest BCUT2D eigenvalue weighted by atomic mass is 10.0. The quantitative estimate of drug-likeness (QED) is 0.794. The Labute approximate surface area is 138 Å². The molecule has 0 bridgehead atoms. The fraction of sp³-hybridized carbons (Fsp3) is 0.421. The summed E-state index contributed by atoms with van der Waals surface area (Å²) in [5, 5.41) is 0. The van der Waals surface area contributed by atoms with Gasteiger partial charge in [-0.15, -0.1) is 0 Å². The smallest absolute Gasteiger partial charge is 0.213 e. The van der Waals surface area contributed by atoms with Gasteiger partial charge in [-0.05, 0) is 62.9 Å². The standard InChI is InChI=1S/C19H26N2O2/c1-14(2)22-19-11-10-18(13-21-19)23-17-8-6-16(7-9-17)5-4-15(3)12-20/h6-11,13-15H,4-5,12,20H2,1-3H3. The fourth-order valence-electron chi connectivity index (χ4n) is 2.13. The van der Waals surface area contributed by atoms with Crippen molar-refractivity contribution in [1.29, 1.82) is 0 Å². The molecule has 0 aliphatic heterocycles. The van der Waals surface area contributed by atoms with Crippen LogP contribution in [0.5, 0.6) is 17.4 Å². The van der Waals surface area contributed by atoms with E-state index in [0.29, 0.717) is 17.5 Å². The van der Waals surface area contributed by atoms with Crippen LogP contribution in [0, 0.1) is 5.92 Å². The molecule has 0 fully saturated rings. The molecule has 0 amide bonds. The van der Waals surface area contributed by atoms with Crippen molar-refractivity contribution in [1.82, 2.24) is 4.98 Å². The highest BCUT2D eigenvalue weighted by Gasteiger charge is 2.03. The Morgan fingerprint density at radius 2 is 1.70 bits per heavy atom. The maximum Gasteiger partial charge on any atom is 0.213 e. The van der Waals surface area contributed by atoms with Crippen LogP contribution in [0.2, 0.25) is 0 Å². The van der Waals surface area contributed by atoms with Crippen LogP contribution in [0.1, 0.15) is 32.8 Å². The minimum Gasteiger partial charge on any atom is -0.475 e. The van der Waals surface area contributed by atoms with Crippen LogP contribution in [-0.4, -0.2) is 17.6 Å². The molecule has 0 spiro atoms. The average molecular weight is 314 g/mol. The molecule has 4 heteroatoms. The first-order valence-electron chi connectivity index (χ1n) is 8.16. The zero-order valence-electron chi connectivity index (χ0n) is 14.2. The number of nitrogens with zero attached hydrogens (tertiary/aromatic N) is 1. The second-order valence-corrected chi connectivity index (χ2v) is 6.12. The van der Waals surface area contributed by atoms with Gasteiger partial charge in [0.15, 0.2) is 0 Å². The molecule has 0 radical (unpaired) electrons. The first kappa shape index (κ1) is 17.3. The molecule has 4 nitrogen and oxygen atoms in total. The van der Waals surface area contributed by atoms with E-state index in [0.717, 1.165) is 25.1 Å². The normalized spacial score (nSPS) is 12.2. The Hall–Kier alpha value is -2.07. The SMILES string of the molecule is CC(CN)CCc1ccc(Oc2ccc(OC(C)C)nc2)cc1. The molecule has 1 aromatic heterocycles. The van der Waals surface area contributed by atoms with Crippen molar-refractivity contribution >= 4 is 0 Å². The number of aromatic nitrogens is 1. The fourth-order valence-corrected chi connectivity index (χ4v) is 2.13. The van der Waals surface area contributed by atoms with Gasteiger partial charge in [-0.3, -0.25) is 0 Å². The largest absolute Gasteiger partial charge is 0.475 e. The molecule has 2 rings (SSSR count). The number of aryl methyl sites for hydroxylation is 1. The van der Waals surface area contributed by atoms with E-state index in [4.69, 9.17) is 15.2 Å². The van der Waals surface area contributed by atoms with Crippen LogP contribution < -0.4 is 15.2 Å². The predicted molar refractivity (Wildman–Crippen MR) is 93.1 cm³/mol. The molecule has 0 saturated heterocycles. The van der Waals surface area contributed by atoms with E-state index in [1.165, 1.54) is 5.56 Å². The van der Waals surface area contributed by atoms with Gasteiger partial charge in [0.25, 0.3) is 0 Å². The number of hydrogen-bond donors (Lipinski definition) is 1. The minimum absolute atomic E-state index is 0.115. The van der Waals surface area contributed by atoms with E-state index >= 15 is 0 Å². The molecule has 1 aromatic carbocycles.